The molecule has 2 aliphatic heterocycles. The van der Waals surface area contributed by atoms with Gasteiger partial charge in [-0.3, -0.25) is 0 Å². The van der Waals surface area contributed by atoms with Crippen molar-refractivity contribution in [2.24, 2.45) is 11.8 Å². The van der Waals surface area contributed by atoms with Gasteiger partial charge < -0.3 is 10.2 Å². The van der Waals surface area contributed by atoms with Crippen LogP contribution in [0.2, 0.25) is 0 Å². The number of hydrogen-bond donors (Lipinski definition) is 1. The van der Waals surface area contributed by atoms with Crippen molar-refractivity contribution in [3.63, 3.8) is 0 Å². The van der Waals surface area contributed by atoms with Gasteiger partial charge in [-0.15, -0.1) is 0 Å². The van der Waals surface area contributed by atoms with Gasteiger partial charge in [0.2, 0.25) is 0 Å². The van der Waals surface area contributed by atoms with Crippen molar-refractivity contribution in [1.29, 1.82) is 0 Å². The molecular formula is C12H17N3. The Hall–Kier alpha value is -1.09. The van der Waals surface area contributed by atoms with Crippen LogP contribution >= 0.6 is 0 Å². The summed E-state index contributed by atoms with van der Waals surface area (Å²) in [5.41, 5.74) is 1.30. The Morgan fingerprint density at radius 2 is 2.07 bits per heavy atom. The van der Waals surface area contributed by atoms with Crippen molar-refractivity contribution in [2.75, 3.05) is 31.1 Å². The van der Waals surface area contributed by atoms with Gasteiger partial charge in [0.25, 0.3) is 0 Å². The first-order valence-electron chi connectivity index (χ1n) is 5.71. The molecule has 0 aromatic carbocycles. The fourth-order valence-electron chi connectivity index (χ4n) is 2.74. The van der Waals surface area contributed by atoms with E-state index in [1.807, 2.05) is 6.20 Å². The van der Waals surface area contributed by atoms with Crippen LogP contribution in [-0.2, 0) is 0 Å². The lowest BCUT2D eigenvalue weighted by Crippen LogP contribution is -2.26. The third kappa shape index (κ3) is 1.61. The monoisotopic (exact) mass is 203 g/mol. The number of fused-ring (bicyclic) bond motifs is 1. The maximum absolute atomic E-state index is 4.45. The van der Waals surface area contributed by atoms with Gasteiger partial charge in [0, 0.05) is 32.4 Å². The smallest absolute Gasteiger partial charge is 0.128 e. The second kappa shape index (κ2) is 3.49. The fraction of sp³-hybridized carbons (Fsp3) is 0.583. The van der Waals surface area contributed by atoms with E-state index >= 15 is 0 Å². The number of aryl methyl sites for hydroxylation is 1. The summed E-state index contributed by atoms with van der Waals surface area (Å²) in [7, 11) is 0. The van der Waals surface area contributed by atoms with Crippen molar-refractivity contribution in [2.45, 2.75) is 6.92 Å². The van der Waals surface area contributed by atoms with E-state index in [9.17, 15) is 0 Å². The number of aromatic nitrogens is 1. The standard InChI is InChI=1S/C12H17N3/c1-9-2-3-14-12(4-9)15-7-10-5-13-6-11(10)8-15/h2-4,10-11,13H,5-8H2,1H3/t10-,11+. The van der Waals surface area contributed by atoms with Crippen molar-refractivity contribution in [1.82, 2.24) is 10.3 Å². The predicted octanol–water partition coefficient (Wildman–Crippen LogP) is 1.05. The molecule has 0 saturated carbocycles. The minimum Gasteiger partial charge on any atom is -0.356 e. The minimum absolute atomic E-state index is 0.840. The van der Waals surface area contributed by atoms with Gasteiger partial charge in [-0.2, -0.15) is 0 Å². The normalized spacial score (nSPS) is 29.5. The molecule has 2 saturated heterocycles. The zero-order valence-electron chi connectivity index (χ0n) is 9.11. The summed E-state index contributed by atoms with van der Waals surface area (Å²) in [5.74, 6) is 2.84. The Bertz CT molecular complexity index is 352. The van der Waals surface area contributed by atoms with Crippen LogP contribution < -0.4 is 10.2 Å². The van der Waals surface area contributed by atoms with Gasteiger partial charge in [-0.1, -0.05) is 0 Å². The minimum atomic E-state index is 0.840. The zero-order valence-corrected chi connectivity index (χ0v) is 9.11. The zero-order chi connectivity index (χ0) is 10.3. The predicted molar refractivity (Wildman–Crippen MR) is 61.0 cm³/mol. The average molecular weight is 203 g/mol. The van der Waals surface area contributed by atoms with Crippen LogP contribution in [0.3, 0.4) is 0 Å². The summed E-state index contributed by atoms with van der Waals surface area (Å²) in [4.78, 5) is 6.89. The van der Waals surface area contributed by atoms with Gasteiger partial charge in [-0.25, -0.2) is 4.98 Å². The molecule has 1 aromatic heterocycles. The van der Waals surface area contributed by atoms with Crippen molar-refractivity contribution < 1.29 is 0 Å². The third-order valence-corrected chi connectivity index (χ3v) is 3.61. The lowest BCUT2D eigenvalue weighted by Gasteiger charge is -2.18. The lowest BCUT2D eigenvalue weighted by atomic mass is 10.0. The number of nitrogens with one attached hydrogen (secondary N) is 1. The molecule has 0 spiro atoms. The number of rotatable bonds is 1. The topological polar surface area (TPSA) is 28.2 Å². The van der Waals surface area contributed by atoms with Gasteiger partial charge in [0.05, 0.1) is 0 Å². The van der Waals surface area contributed by atoms with Crippen LogP contribution in [0.1, 0.15) is 5.56 Å². The first-order valence-corrected chi connectivity index (χ1v) is 5.71. The molecule has 0 radical (unpaired) electrons. The summed E-state index contributed by atoms with van der Waals surface area (Å²) < 4.78 is 0. The maximum Gasteiger partial charge on any atom is 0.128 e. The molecular weight excluding hydrogens is 186 g/mol. The van der Waals surface area contributed by atoms with Crippen LogP contribution in [0.15, 0.2) is 18.3 Å². The molecule has 1 N–H and O–H groups in total. The van der Waals surface area contributed by atoms with Crippen molar-refractivity contribution in [3.05, 3.63) is 23.9 Å². The molecule has 0 amide bonds. The molecule has 3 nitrogen and oxygen atoms in total. The van der Waals surface area contributed by atoms with E-state index in [1.165, 1.54) is 31.7 Å². The van der Waals surface area contributed by atoms with E-state index in [0.29, 0.717) is 0 Å². The number of nitrogens with zero attached hydrogens (tertiary/aromatic N) is 2. The summed E-state index contributed by atoms with van der Waals surface area (Å²) in [5, 5.41) is 3.46. The Kier molecular flexibility index (Phi) is 2.13. The van der Waals surface area contributed by atoms with Gasteiger partial charge in [0.15, 0.2) is 0 Å². The molecule has 2 aliphatic rings. The summed E-state index contributed by atoms with van der Waals surface area (Å²) in [6.07, 6.45) is 1.91. The summed E-state index contributed by atoms with van der Waals surface area (Å²) >= 11 is 0. The molecule has 0 aliphatic carbocycles. The third-order valence-electron chi connectivity index (χ3n) is 3.61. The van der Waals surface area contributed by atoms with E-state index in [1.54, 1.807) is 0 Å². The second-order valence-electron chi connectivity index (χ2n) is 4.77. The largest absolute Gasteiger partial charge is 0.356 e. The van der Waals surface area contributed by atoms with Crippen LogP contribution in [0.25, 0.3) is 0 Å². The molecule has 1 aromatic rings. The van der Waals surface area contributed by atoms with E-state index in [0.717, 1.165) is 17.7 Å². The van der Waals surface area contributed by atoms with Gasteiger partial charge in [0.1, 0.15) is 5.82 Å². The first-order chi connectivity index (χ1) is 7.33. The van der Waals surface area contributed by atoms with Crippen LogP contribution in [0.4, 0.5) is 5.82 Å². The van der Waals surface area contributed by atoms with Crippen LogP contribution in [-0.4, -0.2) is 31.2 Å². The number of hydrogen-bond acceptors (Lipinski definition) is 3. The average Bonchev–Trinajstić information content (AvgIpc) is 2.76. The Labute approximate surface area is 90.5 Å². The van der Waals surface area contributed by atoms with E-state index in [2.05, 4.69) is 34.3 Å². The molecule has 3 rings (SSSR count). The molecule has 0 bridgehead atoms. The molecule has 80 valence electrons. The van der Waals surface area contributed by atoms with E-state index < -0.39 is 0 Å². The molecule has 15 heavy (non-hydrogen) atoms. The second-order valence-corrected chi connectivity index (χ2v) is 4.77. The molecule has 3 heteroatoms. The highest BCUT2D eigenvalue weighted by Gasteiger charge is 2.36. The molecule has 3 heterocycles. The Balaban J connectivity index is 1.79. The van der Waals surface area contributed by atoms with Gasteiger partial charge >= 0.3 is 0 Å². The highest BCUT2D eigenvalue weighted by Crippen LogP contribution is 2.29. The Morgan fingerprint density at radius 3 is 2.73 bits per heavy atom. The SMILES string of the molecule is Cc1ccnc(N2C[C@H]3CNC[C@H]3C2)c1. The fourth-order valence-corrected chi connectivity index (χ4v) is 2.74. The van der Waals surface area contributed by atoms with Crippen molar-refractivity contribution in [3.8, 4) is 0 Å². The Morgan fingerprint density at radius 1 is 1.33 bits per heavy atom. The molecule has 0 unspecified atom stereocenters. The van der Waals surface area contributed by atoms with E-state index in [4.69, 9.17) is 0 Å². The number of anilines is 1. The highest BCUT2D eigenvalue weighted by atomic mass is 15.2. The van der Waals surface area contributed by atoms with Gasteiger partial charge in [-0.05, 0) is 36.5 Å². The molecule has 2 fully saturated rings. The first kappa shape index (κ1) is 9.16. The molecule has 2 atom stereocenters. The van der Waals surface area contributed by atoms with Crippen LogP contribution in [0.5, 0.6) is 0 Å². The maximum atomic E-state index is 4.45. The highest BCUT2D eigenvalue weighted by molar-refractivity contribution is 5.42. The lowest BCUT2D eigenvalue weighted by molar-refractivity contribution is 0.533. The van der Waals surface area contributed by atoms with E-state index in [-0.39, 0.29) is 0 Å². The summed E-state index contributed by atoms with van der Waals surface area (Å²) in [6.45, 7) is 6.85. The van der Waals surface area contributed by atoms with Crippen LogP contribution in [0, 0.1) is 18.8 Å². The quantitative estimate of drug-likeness (QED) is 0.739. The summed E-state index contributed by atoms with van der Waals surface area (Å²) in [6, 6.07) is 4.25. The number of pyridine rings is 1. The van der Waals surface area contributed by atoms with Crippen molar-refractivity contribution >= 4 is 5.82 Å².